The number of carbonyl (C=O) groups is 1. The van der Waals surface area contributed by atoms with Gasteiger partial charge in [-0.3, -0.25) is 4.79 Å². The lowest BCUT2D eigenvalue weighted by Gasteiger charge is -2.33. The third kappa shape index (κ3) is 4.57. The molecule has 1 aromatic heterocycles. The van der Waals surface area contributed by atoms with Gasteiger partial charge in [-0.1, -0.05) is 23.2 Å². The van der Waals surface area contributed by atoms with Gasteiger partial charge in [-0.05, 0) is 31.4 Å². The van der Waals surface area contributed by atoms with E-state index in [1.165, 1.54) is 11.3 Å². The first-order valence-electron chi connectivity index (χ1n) is 6.98. The monoisotopic (exact) mass is 350 g/mol. The number of hydrogen-bond acceptors (Lipinski definition) is 4. The average molecular weight is 351 g/mol. The molecule has 2 rings (SSSR count). The molecule has 118 valence electrons. The SMILES string of the molecule is COCC(=O)N1CCC(NC(C)c2cc(Cl)sc2Cl)CC1. The molecular weight excluding hydrogens is 331 g/mol. The number of carbonyl (C=O) groups excluding carboxylic acids is 1. The van der Waals surface area contributed by atoms with Crippen molar-refractivity contribution in [2.75, 3.05) is 26.8 Å². The Morgan fingerprint density at radius 3 is 2.71 bits per heavy atom. The molecule has 1 aliphatic rings. The molecule has 1 amide bonds. The normalized spacial score (nSPS) is 18.0. The molecule has 4 nitrogen and oxygen atoms in total. The number of nitrogens with zero attached hydrogens (tertiary/aromatic N) is 1. The van der Waals surface area contributed by atoms with Crippen LogP contribution in [-0.4, -0.2) is 43.7 Å². The Kier molecular flexibility index (Phi) is 6.32. The van der Waals surface area contributed by atoms with Gasteiger partial charge in [0.1, 0.15) is 6.61 Å². The van der Waals surface area contributed by atoms with E-state index in [9.17, 15) is 4.79 Å². The Balaban J connectivity index is 1.83. The molecule has 1 N–H and O–H groups in total. The van der Waals surface area contributed by atoms with Crippen LogP contribution < -0.4 is 5.32 Å². The van der Waals surface area contributed by atoms with Crippen molar-refractivity contribution in [3.05, 3.63) is 20.3 Å². The Hall–Kier alpha value is -0.330. The second kappa shape index (κ2) is 7.79. The fraction of sp³-hybridized carbons (Fsp3) is 0.643. The predicted molar refractivity (Wildman–Crippen MR) is 87.4 cm³/mol. The molecule has 1 unspecified atom stereocenters. The van der Waals surface area contributed by atoms with Gasteiger partial charge < -0.3 is 15.0 Å². The van der Waals surface area contributed by atoms with E-state index in [1.807, 2.05) is 11.0 Å². The molecule has 0 saturated carbocycles. The van der Waals surface area contributed by atoms with E-state index >= 15 is 0 Å². The lowest BCUT2D eigenvalue weighted by molar-refractivity contribution is -0.136. The first-order valence-corrected chi connectivity index (χ1v) is 8.56. The lowest BCUT2D eigenvalue weighted by Crippen LogP contribution is -2.46. The molecule has 0 aliphatic carbocycles. The van der Waals surface area contributed by atoms with Gasteiger partial charge in [0, 0.05) is 32.3 Å². The lowest BCUT2D eigenvalue weighted by atomic mass is 10.0. The second-order valence-corrected chi connectivity index (χ2v) is 7.54. The van der Waals surface area contributed by atoms with Crippen LogP contribution in [0.25, 0.3) is 0 Å². The molecule has 1 atom stereocenters. The van der Waals surface area contributed by atoms with Crippen LogP contribution in [0.5, 0.6) is 0 Å². The van der Waals surface area contributed by atoms with E-state index in [2.05, 4.69) is 12.2 Å². The van der Waals surface area contributed by atoms with E-state index in [1.54, 1.807) is 7.11 Å². The molecular formula is C14H20Cl2N2O2S. The molecule has 1 saturated heterocycles. The van der Waals surface area contributed by atoms with Gasteiger partial charge in [0.2, 0.25) is 5.91 Å². The van der Waals surface area contributed by atoms with Crippen LogP contribution in [0.2, 0.25) is 8.67 Å². The van der Waals surface area contributed by atoms with E-state index < -0.39 is 0 Å². The number of hydrogen-bond donors (Lipinski definition) is 1. The minimum Gasteiger partial charge on any atom is -0.375 e. The summed E-state index contributed by atoms with van der Waals surface area (Å²) in [5, 5.41) is 3.58. The Morgan fingerprint density at radius 2 is 2.19 bits per heavy atom. The maximum absolute atomic E-state index is 11.7. The average Bonchev–Trinajstić information content (AvgIpc) is 2.79. The fourth-order valence-electron chi connectivity index (χ4n) is 2.60. The van der Waals surface area contributed by atoms with Crippen molar-refractivity contribution in [1.29, 1.82) is 0 Å². The molecule has 2 heterocycles. The zero-order valence-corrected chi connectivity index (χ0v) is 14.5. The maximum Gasteiger partial charge on any atom is 0.248 e. The molecule has 0 bridgehead atoms. The van der Waals surface area contributed by atoms with Crippen molar-refractivity contribution in [3.8, 4) is 0 Å². The molecule has 1 fully saturated rings. The van der Waals surface area contributed by atoms with Gasteiger partial charge in [-0.15, -0.1) is 11.3 Å². The van der Waals surface area contributed by atoms with Crippen LogP contribution in [0.4, 0.5) is 0 Å². The summed E-state index contributed by atoms with van der Waals surface area (Å²) in [5.41, 5.74) is 1.05. The third-order valence-corrected chi connectivity index (χ3v) is 5.27. The van der Waals surface area contributed by atoms with Crippen molar-refractivity contribution < 1.29 is 9.53 Å². The molecule has 7 heteroatoms. The quantitative estimate of drug-likeness (QED) is 0.885. The first kappa shape index (κ1) is 17.0. The number of likely N-dealkylation sites (tertiary alicyclic amines) is 1. The highest BCUT2D eigenvalue weighted by Gasteiger charge is 2.24. The minimum atomic E-state index is 0.0664. The largest absolute Gasteiger partial charge is 0.375 e. The van der Waals surface area contributed by atoms with Crippen LogP contribution >= 0.6 is 34.5 Å². The Morgan fingerprint density at radius 1 is 1.52 bits per heavy atom. The number of ether oxygens (including phenoxy) is 1. The van der Waals surface area contributed by atoms with Gasteiger partial charge in [0.25, 0.3) is 0 Å². The predicted octanol–water partition coefficient (Wildman–Crippen LogP) is 3.34. The summed E-state index contributed by atoms with van der Waals surface area (Å²) in [6.07, 6.45) is 1.88. The summed E-state index contributed by atoms with van der Waals surface area (Å²) in [5.74, 6) is 0.0664. The van der Waals surface area contributed by atoms with Crippen molar-refractivity contribution in [2.24, 2.45) is 0 Å². The first-order chi connectivity index (χ1) is 10.0. The maximum atomic E-state index is 11.7. The Labute approximate surface area is 139 Å². The highest BCUT2D eigenvalue weighted by molar-refractivity contribution is 7.20. The summed E-state index contributed by atoms with van der Waals surface area (Å²) < 4.78 is 6.34. The van der Waals surface area contributed by atoms with Crippen molar-refractivity contribution in [3.63, 3.8) is 0 Å². The van der Waals surface area contributed by atoms with Crippen molar-refractivity contribution >= 4 is 40.4 Å². The topological polar surface area (TPSA) is 41.6 Å². The zero-order chi connectivity index (χ0) is 15.4. The van der Waals surface area contributed by atoms with E-state index in [-0.39, 0.29) is 18.6 Å². The fourth-order valence-corrected chi connectivity index (χ4v) is 4.25. The third-order valence-electron chi connectivity index (χ3n) is 3.75. The van der Waals surface area contributed by atoms with Gasteiger partial charge in [0.05, 0.1) is 8.67 Å². The highest BCUT2D eigenvalue weighted by atomic mass is 35.5. The summed E-state index contributed by atoms with van der Waals surface area (Å²) >= 11 is 13.6. The van der Waals surface area contributed by atoms with E-state index in [0.29, 0.717) is 10.4 Å². The van der Waals surface area contributed by atoms with E-state index in [0.717, 1.165) is 35.8 Å². The standard InChI is InChI=1S/C14H20Cl2N2O2S/c1-9(11-7-12(15)21-14(11)16)17-10-3-5-18(6-4-10)13(19)8-20-2/h7,9-10,17H,3-6,8H2,1-2H3. The molecule has 0 aromatic carbocycles. The van der Waals surface area contributed by atoms with Gasteiger partial charge >= 0.3 is 0 Å². The molecule has 1 aromatic rings. The van der Waals surface area contributed by atoms with Gasteiger partial charge in [-0.2, -0.15) is 0 Å². The molecule has 21 heavy (non-hydrogen) atoms. The molecule has 1 aliphatic heterocycles. The van der Waals surface area contributed by atoms with Crippen LogP contribution in [0.15, 0.2) is 6.07 Å². The number of nitrogens with one attached hydrogen (secondary N) is 1. The number of halogens is 2. The second-order valence-electron chi connectivity index (χ2n) is 5.26. The number of thiophene rings is 1. The summed E-state index contributed by atoms with van der Waals surface area (Å²) in [6.45, 7) is 3.79. The minimum absolute atomic E-state index is 0.0664. The van der Waals surface area contributed by atoms with Gasteiger partial charge in [0.15, 0.2) is 0 Å². The summed E-state index contributed by atoms with van der Waals surface area (Å²) in [6, 6.07) is 2.47. The number of rotatable bonds is 5. The Bertz CT molecular complexity index is 487. The van der Waals surface area contributed by atoms with Crippen molar-refractivity contribution in [2.45, 2.75) is 31.8 Å². The summed E-state index contributed by atoms with van der Waals surface area (Å²) in [4.78, 5) is 13.6. The van der Waals surface area contributed by atoms with Crippen LogP contribution in [0.3, 0.4) is 0 Å². The summed E-state index contributed by atoms with van der Waals surface area (Å²) in [7, 11) is 1.55. The van der Waals surface area contributed by atoms with E-state index in [4.69, 9.17) is 27.9 Å². The van der Waals surface area contributed by atoms with Crippen molar-refractivity contribution in [1.82, 2.24) is 10.2 Å². The smallest absolute Gasteiger partial charge is 0.248 e. The zero-order valence-electron chi connectivity index (χ0n) is 12.2. The van der Waals surface area contributed by atoms with Gasteiger partial charge in [-0.25, -0.2) is 0 Å². The van der Waals surface area contributed by atoms with Crippen LogP contribution in [-0.2, 0) is 9.53 Å². The van der Waals surface area contributed by atoms with Crippen LogP contribution in [0, 0.1) is 0 Å². The molecule has 0 spiro atoms. The number of amides is 1. The van der Waals surface area contributed by atoms with Crippen LogP contribution in [0.1, 0.15) is 31.4 Å². The number of methoxy groups -OCH3 is 1. The molecule has 0 radical (unpaired) electrons. The number of piperidine rings is 1. The highest BCUT2D eigenvalue weighted by Crippen LogP contribution is 2.35.